The standard InChI is InChI=1S/C20H24N4O3/c1-23(13-16-6-9-27-22-16)19(25)12-18-20(26)21-7-8-24(18)17-10-14-4-2-3-5-15(14)11-17/h2-6,9,17-18H,7-8,10-13H2,1H3,(H,21,26). The second kappa shape index (κ2) is 7.52. The van der Waals surface area contributed by atoms with Gasteiger partial charge in [-0.2, -0.15) is 0 Å². The summed E-state index contributed by atoms with van der Waals surface area (Å²) in [6, 6.07) is 10.0. The summed E-state index contributed by atoms with van der Waals surface area (Å²) in [5.41, 5.74) is 3.39. The molecule has 1 aliphatic carbocycles. The summed E-state index contributed by atoms with van der Waals surface area (Å²) in [7, 11) is 1.73. The van der Waals surface area contributed by atoms with E-state index < -0.39 is 6.04 Å². The first kappa shape index (κ1) is 17.7. The first-order chi connectivity index (χ1) is 13.1. The van der Waals surface area contributed by atoms with Crippen LogP contribution in [0.3, 0.4) is 0 Å². The quantitative estimate of drug-likeness (QED) is 0.852. The van der Waals surface area contributed by atoms with Crippen molar-refractivity contribution < 1.29 is 14.1 Å². The Morgan fingerprint density at radius 1 is 1.30 bits per heavy atom. The first-order valence-corrected chi connectivity index (χ1v) is 9.35. The molecule has 2 aromatic rings. The summed E-state index contributed by atoms with van der Waals surface area (Å²) in [5, 5.41) is 6.76. The van der Waals surface area contributed by atoms with Gasteiger partial charge in [-0.25, -0.2) is 0 Å². The molecule has 1 unspecified atom stereocenters. The van der Waals surface area contributed by atoms with Gasteiger partial charge in [0, 0.05) is 32.2 Å². The highest BCUT2D eigenvalue weighted by molar-refractivity contribution is 5.88. The minimum Gasteiger partial charge on any atom is -0.364 e. The fourth-order valence-corrected chi connectivity index (χ4v) is 4.12. The summed E-state index contributed by atoms with van der Waals surface area (Å²) < 4.78 is 4.82. The Hall–Kier alpha value is -2.67. The second-order valence-corrected chi connectivity index (χ2v) is 7.32. The van der Waals surface area contributed by atoms with E-state index in [0.29, 0.717) is 18.8 Å². The number of fused-ring (bicyclic) bond motifs is 1. The summed E-state index contributed by atoms with van der Waals surface area (Å²) in [4.78, 5) is 29.1. The summed E-state index contributed by atoms with van der Waals surface area (Å²) >= 11 is 0. The van der Waals surface area contributed by atoms with Crippen molar-refractivity contribution in [1.82, 2.24) is 20.3 Å². The highest BCUT2D eigenvalue weighted by Gasteiger charge is 2.38. The molecule has 1 aromatic heterocycles. The van der Waals surface area contributed by atoms with Crippen molar-refractivity contribution in [2.45, 2.75) is 37.9 Å². The van der Waals surface area contributed by atoms with E-state index in [4.69, 9.17) is 4.52 Å². The second-order valence-electron chi connectivity index (χ2n) is 7.32. The Morgan fingerprint density at radius 3 is 2.70 bits per heavy atom. The maximum Gasteiger partial charge on any atom is 0.237 e. The van der Waals surface area contributed by atoms with Gasteiger partial charge in [0.25, 0.3) is 0 Å². The molecule has 4 rings (SSSR count). The largest absolute Gasteiger partial charge is 0.364 e. The lowest BCUT2D eigenvalue weighted by atomic mass is 10.0. The SMILES string of the molecule is CN(Cc1ccon1)C(=O)CC1C(=O)NCCN1C1Cc2ccccc2C1. The van der Waals surface area contributed by atoms with Crippen LogP contribution in [0.5, 0.6) is 0 Å². The number of nitrogens with one attached hydrogen (secondary N) is 1. The normalized spacial score (nSPS) is 20.3. The topological polar surface area (TPSA) is 78.7 Å². The van der Waals surface area contributed by atoms with Gasteiger partial charge in [0.2, 0.25) is 11.8 Å². The Morgan fingerprint density at radius 2 is 2.04 bits per heavy atom. The van der Waals surface area contributed by atoms with Crippen molar-refractivity contribution in [3.63, 3.8) is 0 Å². The van der Waals surface area contributed by atoms with Crippen LogP contribution in [0.15, 0.2) is 41.1 Å². The average Bonchev–Trinajstić information content (AvgIpc) is 3.32. The van der Waals surface area contributed by atoms with Crippen molar-refractivity contribution in [1.29, 1.82) is 0 Å². The number of nitrogens with zero attached hydrogens (tertiary/aromatic N) is 3. The Kier molecular flexibility index (Phi) is 4.94. The molecule has 1 atom stereocenters. The van der Waals surface area contributed by atoms with Gasteiger partial charge in [-0.05, 0) is 24.0 Å². The van der Waals surface area contributed by atoms with Gasteiger partial charge in [0.1, 0.15) is 12.0 Å². The fraction of sp³-hybridized carbons (Fsp3) is 0.450. The molecule has 0 saturated carbocycles. The van der Waals surface area contributed by atoms with Crippen LogP contribution in [0, 0.1) is 0 Å². The van der Waals surface area contributed by atoms with E-state index in [1.165, 1.54) is 17.4 Å². The minimum absolute atomic E-state index is 0.0552. The molecule has 7 heteroatoms. The first-order valence-electron chi connectivity index (χ1n) is 9.35. The van der Waals surface area contributed by atoms with Crippen molar-refractivity contribution >= 4 is 11.8 Å². The maximum atomic E-state index is 12.7. The van der Waals surface area contributed by atoms with Gasteiger partial charge in [-0.15, -0.1) is 0 Å². The van der Waals surface area contributed by atoms with E-state index in [2.05, 4.69) is 39.6 Å². The van der Waals surface area contributed by atoms with E-state index in [1.54, 1.807) is 18.0 Å². The van der Waals surface area contributed by atoms with Crippen molar-refractivity contribution in [2.24, 2.45) is 0 Å². The van der Waals surface area contributed by atoms with Crippen LogP contribution >= 0.6 is 0 Å². The van der Waals surface area contributed by atoms with E-state index in [1.807, 2.05) is 0 Å². The Bertz CT molecular complexity index is 795. The Labute approximate surface area is 158 Å². The highest BCUT2D eigenvalue weighted by atomic mass is 16.5. The molecule has 1 aromatic carbocycles. The smallest absolute Gasteiger partial charge is 0.237 e. The van der Waals surface area contributed by atoms with Crippen molar-refractivity contribution in [2.75, 3.05) is 20.1 Å². The van der Waals surface area contributed by atoms with Crippen LogP contribution < -0.4 is 5.32 Å². The molecule has 142 valence electrons. The van der Waals surface area contributed by atoms with Crippen LogP contribution in [-0.2, 0) is 29.0 Å². The number of amides is 2. The Balaban J connectivity index is 1.44. The molecule has 7 nitrogen and oxygen atoms in total. The number of piperazine rings is 1. The predicted octanol–water partition coefficient (Wildman–Crippen LogP) is 0.991. The minimum atomic E-state index is -0.426. The van der Waals surface area contributed by atoms with Gasteiger partial charge in [-0.3, -0.25) is 14.5 Å². The van der Waals surface area contributed by atoms with Gasteiger partial charge in [0.15, 0.2) is 0 Å². The molecule has 1 saturated heterocycles. The average molecular weight is 368 g/mol. The monoisotopic (exact) mass is 368 g/mol. The van der Waals surface area contributed by atoms with Gasteiger partial charge >= 0.3 is 0 Å². The van der Waals surface area contributed by atoms with Gasteiger partial charge in [0.05, 0.1) is 19.0 Å². The maximum absolute atomic E-state index is 12.7. The number of aromatic nitrogens is 1. The van der Waals surface area contributed by atoms with E-state index in [0.717, 1.165) is 19.4 Å². The summed E-state index contributed by atoms with van der Waals surface area (Å²) in [5.74, 6) is -0.124. The zero-order chi connectivity index (χ0) is 18.8. The molecule has 0 spiro atoms. The molecule has 2 heterocycles. The van der Waals surface area contributed by atoms with Crippen molar-refractivity contribution in [3.05, 3.63) is 53.4 Å². The van der Waals surface area contributed by atoms with Crippen LogP contribution in [-0.4, -0.2) is 59.0 Å². The van der Waals surface area contributed by atoms with E-state index in [9.17, 15) is 9.59 Å². The third-order valence-corrected chi connectivity index (χ3v) is 5.55. The summed E-state index contributed by atoms with van der Waals surface area (Å²) in [6.45, 7) is 1.78. The molecule has 2 aliphatic rings. The lowest BCUT2D eigenvalue weighted by Gasteiger charge is -2.39. The number of hydrogen-bond acceptors (Lipinski definition) is 5. The number of carbonyl (C=O) groups is 2. The number of carbonyl (C=O) groups excluding carboxylic acids is 2. The molecule has 27 heavy (non-hydrogen) atoms. The number of hydrogen-bond donors (Lipinski definition) is 1. The molecule has 1 aliphatic heterocycles. The zero-order valence-electron chi connectivity index (χ0n) is 15.4. The van der Waals surface area contributed by atoms with E-state index >= 15 is 0 Å². The van der Waals surface area contributed by atoms with Crippen LogP contribution in [0.4, 0.5) is 0 Å². The third-order valence-electron chi connectivity index (χ3n) is 5.55. The molecular formula is C20H24N4O3. The zero-order valence-corrected chi connectivity index (χ0v) is 15.4. The summed E-state index contributed by atoms with van der Waals surface area (Å²) in [6.07, 6.45) is 3.53. The van der Waals surface area contributed by atoms with Crippen LogP contribution in [0.1, 0.15) is 23.2 Å². The molecule has 2 amide bonds. The lowest BCUT2D eigenvalue weighted by molar-refractivity contribution is -0.139. The molecule has 0 radical (unpaired) electrons. The molecule has 1 N–H and O–H groups in total. The third kappa shape index (κ3) is 3.73. The predicted molar refractivity (Wildman–Crippen MR) is 98.7 cm³/mol. The van der Waals surface area contributed by atoms with Crippen molar-refractivity contribution in [3.8, 4) is 0 Å². The molecular weight excluding hydrogens is 344 g/mol. The molecule has 0 bridgehead atoms. The van der Waals surface area contributed by atoms with Crippen LogP contribution in [0.2, 0.25) is 0 Å². The lowest BCUT2D eigenvalue weighted by Crippen LogP contribution is -2.59. The number of benzene rings is 1. The van der Waals surface area contributed by atoms with Crippen LogP contribution in [0.25, 0.3) is 0 Å². The van der Waals surface area contributed by atoms with E-state index in [-0.39, 0.29) is 24.3 Å². The van der Waals surface area contributed by atoms with Gasteiger partial charge in [-0.1, -0.05) is 29.4 Å². The fourth-order valence-electron chi connectivity index (χ4n) is 4.12. The number of rotatable bonds is 5. The molecule has 1 fully saturated rings. The van der Waals surface area contributed by atoms with Gasteiger partial charge < -0.3 is 14.7 Å². The highest BCUT2D eigenvalue weighted by Crippen LogP contribution is 2.28.